The molecule has 0 spiro atoms. The van der Waals surface area contributed by atoms with E-state index in [9.17, 15) is 9.59 Å². The Kier molecular flexibility index (Phi) is 5.95. The van der Waals surface area contributed by atoms with Crippen molar-refractivity contribution in [2.75, 3.05) is 4.90 Å². The Hall–Kier alpha value is -2.82. The van der Waals surface area contributed by atoms with Gasteiger partial charge in [-0.3, -0.25) is 9.59 Å². The highest BCUT2D eigenvalue weighted by Crippen LogP contribution is 2.23. The second kappa shape index (κ2) is 8.15. The predicted molar refractivity (Wildman–Crippen MR) is 94.8 cm³/mol. The van der Waals surface area contributed by atoms with Gasteiger partial charge in [-0.05, 0) is 31.9 Å². The summed E-state index contributed by atoms with van der Waals surface area (Å²) < 4.78 is 0. The van der Waals surface area contributed by atoms with Crippen LogP contribution in [0.5, 0.6) is 0 Å². The molecule has 0 aliphatic heterocycles. The Morgan fingerprint density at radius 1 is 1.21 bits per heavy atom. The van der Waals surface area contributed by atoms with Crippen LogP contribution in [0, 0.1) is 13.8 Å². The van der Waals surface area contributed by atoms with Gasteiger partial charge in [0, 0.05) is 11.1 Å². The molecule has 0 N–H and O–H groups in total. The molecule has 0 radical (unpaired) electrons. The van der Waals surface area contributed by atoms with Crippen LogP contribution in [0.2, 0.25) is 0 Å². The van der Waals surface area contributed by atoms with E-state index in [-0.39, 0.29) is 0 Å². The summed E-state index contributed by atoms with van der Waals surface area (Å²) in [5.74, 6) is -0.0931. The molecule has 2 rings (SSSR count). The first-order chi connectivity index (χ1) is 11.6. The quantitative estimate of drug-likeness (QED) is 0.760. The number of carbonyl (C=O) groups is 2. The monoisotopic (exact) mass is 323 g/mol. The van der Waals surface area contributed by atoms with Crippen molar-refractivity contribution in [2.45, 2.75) is 33.6 Å². The summed E-state index contributed by atoms with van der Waals surface area (Å²) in [6, 6.07) is 7.17. The van der Waals surface area contributed by atoms with Crippen molar-refractivity contribution in [1.29, 1.82) is 0 Å². The molecule has 1 aromatic heterocycles. The molecule has 2 amide bonds. The zero-order chi connectivity index (χ0) is 17.5. The van der Waals surface area contributed by atoms with Crippen molar-refractivity contribution in [3.63, 3.8) is 0 Å². The molecule has 24 heavy (non-hydrogen) atoms. The number of anilines is 1. The average molecular weight is 323 g/mol. The van der Waals surface area contributed by atoms with Crippen molar-refractivity contribution in [3.8, 4) is 0 Å². The maximum atomic E-state index is 12.8. The fourth-order valence-corrected chi connectivity index (χ4v) is 2.36. The van der Waals surface area contributed by atoms with Gasteiger partial charge in [0.15, 0.2) is 5.82 Å². The van der Waals surface area contributed by atoms with Crippen LogP contribution in [0.3, 0.4) is 0 Å². The molecule has 0 saturated heterocycles. The van der Waals surface area contributed by atoms with Crippen LogP contribution < -0.4 is 4.90 Å². The van der Waals surface area contributed by atoms with Gasteiger partial charge in [-0.1, -0.05) is 43.7 Å². The summed E-state index contributed by atoms with van der Waals surface area (Å²) in [6.45, 7) is 5.75. The number of amides is 2. The van der Waals surface area contributed by atoms with E-state index in [1.165, 1.54) is 6.33 Å². The van der Waals surface area contributed by atoms with E-state index in [1.807, 2.05) is 38.1 Å². The topological polar surface area (TPSA) is 63.2 Å². The molecule has 2 aromatic rings. The molecular weight excluding hydrogens is 302 g/mol. The maximum absolute atomic E-state index is 12.8. The van der Waals surface area contributed by atoms with E-state index < -0.39 is 5.91 Å². The molecule has 0 aliphatic carbocycles. The molecule has 5 heteroatoms. The molecule has 0 unspecified atom stereocenters. The normalized spacial score (nSPS) is 10.8. The third-order valence-corrected chi connectivity index (χ3v) is 3.73. The van der Waals surface area contributed by atoms with Crippen molar-refractivity contribution in [1.82, 2.24) is 9.97 Å². The molecule has 1 heterocycles. The van der Waals surface area contributed by atoms with Crippen molar-refractivity contribution < 1.29 is 9.59 Å². The van der Waals surface area contributed by atoms with Crippen molar-refractivity contribution >= 4 is 24.2 Å². The summed E-state index contributed by atoms with van der Waals surface area (Å²) in [7, 11) is 0. The van der Waals surface area contributed by atoms with Gasteiger partial charge in [0.05, 0.1) is 5.69 Å². The molecular formula is C19H21N3O2. The smallest absolute Gasteiger partial charge is 0.266 e. The Bertz CT molecular complexity index is 769. The Labute approximate surface area is 142 Å². The maximum Gasteiger partial charge on any atom is 0.266 e. The number of allylic oxidation sites excluding steroid dienone is 1. The van der Waals surface area contributed by atoms with Gasteiger partial charge >= 0.3 is 0 Å². The van der Waals surface area contributed by atoms with Gasteiger partial charge in [-0.2, -0.15) is 0 Å². The summed E-state index contributed by atoms with van der Waals surface area (Å²) >= 11 is 0. The number of rotatable bonds is 6. The van der Waals surface area contributed by atoms with Crippen LogP contribution >= 0.6 is 0 Å². The summed E-state index contributed by atoms with van der Waals surface area (Å²) in [5, 5.41) is 0. The van der Waals surface area contributed by atoms with Gasteiger partial charge in [0.2, 0.25) is 6.41 Å². The number of hydrogen-bond acceptors (Lipinski definition) is 4. The van der Waals surface area contributed by atoms with Gasteiger partial charge < -0.3 is 0 Å². The van der Waals surface area contributed by atoms with Crippen LogP contribution in [-0.4, -0.2) is 22.3 Å². The zero-order valence-electron chi connectivity index (χ0n) is 14.2. The summed E-state index contributed by atoms with van der Waals surface area (Å²) in [6.07, 6.45) is 7.65. The van der Waals surface area contributed by atoms with Crippen LogP contribution in [0.1, 0.15) is 46.9 Å². The zero-order valence-corrected chi connectivity index (χ0v) is 14.2. The molecule has 1 aromatic carbocycles. The van der Waals surface area contributed by atoms with Crippen LogP contribution in [0.4, 0.5) is 5.82 Å². The third-order valence-electron chi connectivity index (χ3n) is 3.73. The standard InChI is InChI=1S/C19H21N3O2/c1-4-5-6-11-17-15(3)20-12-21-18(17)22(13-23)19(24)16-10-8-7-9-14(16)2/h6-13H,4-5H2,1-3H3/b11-6-. The van der Waals surface area contributed by atoms with Gasteiger partial charge in [-0.25, -0.2) is 14.9 Å². The first kappa shape index (κ1) is 17.5. The van der Waals surface area contributed by atoms with E-state index in [0.29, 0.717) is 23.4 Å². The molecule has 0 saturated carbocycles. The highest BCUT2D eigenvalue weighted by Gasteiger charge is 2.22. The van der Waals surface area contributed by atoms with Crippen LogP contribution in [0.25, 0.3) is 6.08 Å². The molecule has 5 nitrogen and oxygen atoms in total. The molecule has 124 valence electrons. The molecule has 0 bridgehead atoms. The largest absolute Gasteiger partial charge is 0.278 e. The number of aryl methyl sites for hydroxylation is 2. The lowest BCUT2D eigenvalue weighted by Crippen LogP contribution is -2.31. The van der Waals surface area contributed by atoms with Crippen molar-refractivity contribution in [3.05, 3.63) is 59.1 Å². The minimum atomic E-state index is -0.397. The highest BCUT2D eigenvalue weighted by atomic mass is 16.2. The predicted octanol–water partition coefficient (Wildman–Crippen LogP) is 3.71. The van der Waals surface area contributed by atoms with E-state index in [1.54, 1.807) is 12.1 Å². The number of carbonyl (C=O) groups excluding carboxylic acids is 2. The summed E-state index contributed by atoms with van der Waals surface area (Å²) in [4.78, 5) is 33.8. The molecule has 0 atom stereocenters. The van der Waals surface area contributed by atoms with E-state index in [2.05, 4.69) is 16.9 Å². The Morgan fingerprint density at radius 3 is 2.62 bits per heavy atom. The lowest BCUT2D eigenvalue weighted by atomic mass is 10.1. The highest BCUT2D eigenvalue weighted by molar-refractivity contribution is 6.16. The number of aromatic nitrogens is 2. The van der Waals surface area contributed by atoms with Crippen molar-refractivity contribution in [2.24, 2.45) is 0 Å². The molecule has 0 aliphatic rings. The van der Waals surface area contributed by atoms with E-state index in [0.717, 1.165) is 29.0 Å². The lowest BCUT2D eigenvalue weighted by Gasteiger charge is -2.18. The van der Waals surface area contributed by atoms with Crippen LogP contribution in [-0.2, 0) is 4.79 Å². The minimum Gasteiger partial charge on any atom is -0.278 e. The van der Waals surface area contributed by atoms with E-state index >= 15 is 0 Å². The average Bonchev–Trinajstić information content (AvgIpc) is 2.58. The van der Waals surface area contributed by atoms with Crippen LogP contribution in [0.15, 0.2) is 36.7 Å². The lowest BCUT2D eigenvalue weighted by molar-refractivity contribution is -0.107. The number of imide groups is 1. The minimum absolute atomic E-state index is 0.304. The first-order valence-electron chi connectivity index (χ1n) is 7.92. The molecule has 0 fully saturated rings. The number of unbranched alkanes of at least 4 members (excludes halogenated alkanes) is 1. The summed E-state index contributed by atoms with van der Waals surface area (Å²) in [5.41, 5.74) is 2.68. The number of hydrogen-bond donors (Lipinski definition) is 0. The second-order valence-electron chi connectivity index (χ2n) is 5.48. The second-order valence-corrected chi connectivity index (χ2v) is 5.48. The Balaban J connectivity index is 2.48. The van der Waals surface area contributed by atoms with Gasteiger partial charge in [0.1, 0.15) is 6.33 Å². The third kappa shape index (κ3) is 3.74. The Morgan fingerprint density at radius 2 is 1.96 bits per heavy atom. The number of nitrogens with zero attached hydrogens (tertiary/aromatic N) is 3. The fourth-order valence-electron chi connectivity index (χ4n) is 2.36. The van der Waals surface area contributed by atoms with Gasteiger partial charge in [-0.15, -0.1) is 0 Å². The van der Waals surface area contributed by atoms with E-state index in [4.69, 9.17) is 0 Å². The first-order valence-corrected chi connectivity index (χ1v) is 7.92. The fraction of sp³-hybridized carbons (Fsp3) is 0.263. The van der Waals surface area contributed by atoms with Gasteiger partial charge in [0.25, 0.3) is 5.91 Å². The SMILES string of the molecule is CCC/C=C\c1c(C)ncnc1N(C=O)C(=O)c1ccccc1C. The number of benzene rings is 1.